The van der Waals surface area contributed by atoms with Gasteiger partial charge in [-0.15, -0.1) is 0 Å². The highest BCUT2D eigenvalue weighted by Gasteiger charge is 2.20. The first-order valence-electron chi connectivity index (χ1n) is 7.22. The van der Waals surface area contributed by atoms with E-state index < -0.39 is 0 Å². The van der Waals surface area contributed by atoms with Crippen molar-refractivity contribution in [3.05, 3.63) is 48.0 Å². The van der Waals surface area contributed by atoms with E-state index in [1.165, 1.54) is 0 Å². The van der Waals surface area contributed by atoms with E-state index in [1.54, 1.807) is 0 Å². The molecule has 0 aromatic heterocycles. The quantitative estimate of drug-likeness (QED) is 0.680. The summed E-state index contributed by atoms with van der Waals surface area (Å²) in [7, 11) is 0. The van der Waals surface area contributed by atoms with Crippen LogP contribution < -0.4 is 0 Å². The molecule has 0 aliphatic carbocycles. The molecular formula is C17H18N2O2. The molecule has 1 amide bonds. The number of carbonyl (C=O) groups is 1. The van der Waals surface area contributed by atoms with Crippen LogP contribution in [0, 0.1) is 0 Å². The number of hydrogen-bond donors (Lipinski definition) is 1. The Morgan fingerprint density at radius 2 is 1.81 bits per heavy atom. The summed E-state index contributed by atoms with van der Waals surface area (Å²) in [6, 6.07) is 14.2. The molecule has 2 aromatic carbocycles. The summed E-state index contributed by atoms with van der Waals surface area (Å²) in [5.41, 5.74) is 1.85. The zero-order valence-corrected chi connectivity index (χ0v) is 11.8. The first-order valence-corrected chi connectivity index (χ1v) is 7.22. The van der Waals surface area contributed by atoms with E-state index >= 15 is 0 Å². The fourth-order valence-corrected chi connectivity index (χ4v) is 2.84. The molecule has 1 saturated heterocycles. The summed E-state index contributed by atoms with van der Waals surface area (Å²) in [6.45, 7) is 1.28. The van der Waals surface area contributed by atoms with Gasteiger partial charge in [0.1, 0.15) is 0 Å². The van der Waals surface area contributed by atoms with Crippen molar-refractivity contribution in [3.8, 4) is 0 Å². The summed E-state index contributed by atoms with van der Waals surface area (Å²) in [4.78, 5) is 14.3. The Balaban J connectivity index is 1.75. The minimum absolute atomic E-state index is 0.142. The molecule has 1 heterocycles. The molecule has 4 heteroatoms. The van der Waals surface area contributed by atoms with Crippen LogP contribution in [0.2, 0.25) is 0 Å². The number of amides is 1. The van der Waals surface area contributed by atoms with Gasteiger partial charge >= 0.3 is 0 Å². The molecule has 1 aliphatic heterocycles. The highest BCUT2D eigenvalue weighted by Crippen LogP contribution is 2.20. The van der Waals surface area contributed by atoms with Crippen LogP contribution in [0.4, 0.5) is 0 Å². The monoisotopic (exact) mass is 282 g/mol. The first-order chi connectivity index (χ1) is 10.3. The number of carbonyl (C=O) groups excluding carboxylic acids is 1. The standard InChI is InChI=1S/C17H18N2O2/c20-17(19-10-8-15(18-21)9-11-19)12-14-6-3-5-13-4-1-2-7-16(13)14/h1-7,21H,8-12H2. The Morgan fingerprint density at radius 3 is 2.57 bits per heavy atom. The van der Waals surface area contributed by atoms with E-state index in [-0.39, 0.29) is 5.91 Å². The zero-order valence-electron chi connectivity index (χ0n) is 11.8. The van der Waals surface area contributed by atoms with E-state index in [0.717, 1.165) is 22.0 Å². The largest absolute Gasteiger partial charge is 0.411 e. The second-order valence-electron chi connectivity index (χ2n) is 5.36. The summed E-state index contributed by atoms with van der Waals surface area (Å²) in [6.07, 6.45) is 1.75. The van der Waals surface area contributed by atoms with Gasteiger partial charge in [0.2, 0.25) is 5.91 Å². The van der Waals surface area contributed by atoms with Crippen molar-refractivity contribution in [2.75, 3.05) is 13.1 Å². The second-order valence-corrected chi connectivity index (χ2v) is 5.36. The van der Waals surface area contributed by atoms with Gasteiger partial charge in [-0.25, -0.2) is 0 Å². The van der Waals surface area contributed by atoms with Gasteiger partial charge in [-0.05, 0) is 16.3 Å². The third-order valence-electron chi connectivity index (χ3n) is 4.06. The Labute approximate surface area is 123 Å². The fourth-order valence-electron chi connectivity index (χ4n) is 2.84. The van der Waals surface area contributed by atoms with Gasteiger partial charge in [0.05, 0.1) is 12.1 Å². The number of rotatable bonds is 2. The predicted octanol–water partition coefficient (Wildman–Crippen LogP) is 2.83. The van der Waals surface area contributed by atoms with Crippen LogP contribution in [0.25, 0.3) is 10.8 Å². The van der Waals surface area contributed by atoms with Gasteiger partial charge in [0.15, 0.2) is 0 Å². The highest BCUT2D eigenvalue weighted by molar-refractivity contribution is 5.91. The fraction of sp³-hybridized carbons (Fsp3) is 0.294. The molecule has 0 unspecified atom stereocenters. The van der Waals surface area contributed by atoms with E-state index in [1.807, 2.05) is 29.2 Å². The summed E-state index contributed by atoms with van der Waals surface area (Å²) in [5, 5.41) is 14.3. The van der Waals surface area contributed by atoms with Crippen molar-refractivity contribution < 1.29 is 10.0 Å². The van der Waals surface area contributed by atoms with Crippen molar-refractivity contribution in [1.82, 2.24) is 4.90 Å². The van der Waals surface area contributed by atoms with Gasteiger partial charge in [0, 0.05) is 25.9 Å². The molecule has 0 saturated carbocycles. The zero-order chi connectivity index (χ0) is 14.7. The van der Waals surface area contributed by atoms with Gasteiger partial charge in [-0.3, -0.25) is 4.79 Å². The molecule has 4 nitrogen and oxygen atoms in total. The molecule has 0 atom stereocenters. The lowest BCUT2D eigenvalue weighted by Crippen LogP contribution is -2.39. The van der Waals surface area contributed by atoms with Crippen LogP contribution in [0.5, 0.6) is 0 Å². The van der Waals surface area contributed by atoms with Crippen LogP contribution in [-0.2, 0) is 11.2 Å². The van der Waals surface area contributed by atoms with Crippen molar-refractivity contribution in [2.45, 2.75) is 19.3 Å². The maximum absolute atomic E-state index is 12.4. The number of hydrogen-bond acceptors (Lipinski definition) is 3. The molecule has 1 N–H and O–H groups in total. The van der Waals surface area contributed by atoms with E-state index in [2.05, 4.69) is 23.4 Å². The average molecular weight is 282 g/mol. The predicted molar refractivity (Wildman–Crippen MR) is 82.7 cm³/mol. The van der Waals surface area contributed by atoms with Gasteiger partial charge < -0.3 is 10.1 Å². The summed E-state index contributed by atoms with van der Waals surface area (Å²) >= 11 is 0. The minimum atomic E-state index is 0.142. The maximum Gasteiger partial charge on any atom is 0.227 e. The molecule has 3 rings (SSSR count). The van der Waals surface area contributed by atoms with Crippen LogP contribution >= 0.6 is 0 Å². The van der Waals surface area contributed by atoms with Gasteiger partial charge in [-0.1, -0.05) is 47.6 Å². The number of fused-ring (bicyclic) bond motifs is 1. The van der Waals surface area contributed by atoms with Crippen molar-refractivity contribution >= 4 is 22.4 Å². The van der Waals surface area contributed by atoms with Gasteiger partial charge in [-0.2, -0.15) is 0 Å². The molecule has 0 spiro atoms. The maximum atomic E-state index is 12.4. The highest BCUT2D eigenvalue weighted by atomic mass is 16.4. The molecular weight excluding hydrogens is 264 g/mol. The van der Waals surface area contributed by atoms with E-state index in [4.69, 9.17) is 5.21 Å². The lowest BCUT2D eigenvalue weighted by molar-refractivity contribution is -0.130. The molecule has 0 radical (unpaired) electrons. The Kier molecular flexibility index (Phi) is 3.86. The van der Waals surface area contributed by atoms with Crippen LogP contribution in [0.1, 0.15) is 18.4 Å². The smallest absolute Gasteiger partial charge is 0.227 e. The van der Waals surface area contributed by atoms with E-state index in [0.29, 0.717) is 32.4 Å². The van der Waals surface area contributed by atoms with Crippen LogP contribution in [0.3, 0.4) is 0 Å². The Hall–Kier alpha value is -2.36. The lowest BCUT2D eigenvalue weighted by atomic mass is 10.0. The average Bonchev–Trinajstić information content (AvgIpc) is 2.55. The van der Waals surface area contributed by atoms with Crippen molar-refractivity contribution in [1.29, 1.82) is 0 Å². The SMILES string of the molecule is O=C(Cc1cccc2ccccc12)N1CCC(=NO)CC1. The summed E-state index contributed by atoms with van der Waals surface area (Å²) in [5.74, 6) is 0.142. The molecule has 21 heavy (non-hydrogen) atoms. The van der Waals surface area contributed by atoms with Crippen molar-refractivity contribution in [2.24, 2.45) is 5.16 Å². The number of benzene rings is 2. The lowest BCUT2D eigenvalue weighted by Gasteiger charge is -2.27. The normalized spacial score (nSPS) is 15.2. The summed E-state index contributed by atoms with van der Waals surface area (Å²) < 4.78 is 0. The third-order valence-corrected chi connectivity index (χ3v) is 4.06. The van der Waals surface area contributed by atoms with Crippen LogP contribution in [-0.4, -0.2) is 34.8 Å². The van der Waals surface area contributed by atoms with Gasteiger partial charge in [0.25, 0.3) is 0 Å². The molecule has 1 fully saturated rings. The third kappa shape index (κ3) is 2.89. The number of oxime groups is 1. The van der Waals surface area contributed by atoms with E-state index in [9.17, 15) is 4.79 Å². The molecule has 1 aliphatic rings. The number of nitrogens with zero attached hydrogens (tertiary/aromatic N) is 2. The topological polar surface area (TPSA) is 52.9 Å². The van der Waals surface area contributed by atoms with Crippen molar-refractivity contribution in [3.63, 3.8) is 0 Å². The molecule has 2 aromatic rings. The number of piperidine rings is 1. The second kappa shape index (κ2) is 5.95. The first kappa shape index (κ1) is 13.6. The number of likely N-dealkylation sites (tertiary alicyclic amines) is 1. The molecule has 108 valence electrons. The Bertz CT molecular complexity index is 679. The molecule has 0 bridgehead atoms. The van der Waals surface area contributed by atoms with Crippen LogP contribution in [0.15, 0.2) is 47.6 Å². The Morgan fingerprint density at radius 1 is 1.10 bits per heavy atom. The minimum Gasteiger partial charge on any atom is -0.411 e.